The van der Waals surface area contributed by atoms with Gasteiger partial charge >= 0.3 is 5.97 Å². The van der Waals surface area contributed by atoms with Gasteiger partial charge in [0.25, 0.3) is 5.91 Å². The molecule has 0 aliphatic carbocycles. The largest absolute Gasteiger partial charge is 0.454 e. The number of hydrogen-bond donors (Lipinski definition) is 1. The highest BCUT2D eigenvalue weighted by molar-refractivity contribution is 5.91. The quantitative estimate of drug-likeness (QED) is 0.624. The van der Waals surface area contributed by atoms with Crippen molar-refractivity contribution in [2.75, 3.05) is 13.4 Å². The van der Waals surface area contributed by atoms with Gasteiger partial charge in [0.1, 0.15) is 5.76 Å². The number of carbonyl (C=O) groups excluding carboxylic acids is 2. The summed E-state index contributed by atoms with van der Waals surface area (Å²) in [5.74, 6) is 0.802. The molecule has 1 aromatic heterocycles. The van der Waals surface area contributed by atoms with Gasteiger partial charge in [0.05, 0.1) is 6.04 Å². The third kappa shape index (κ3) is 4.12. The number of benzene rings is 2. The molecule has 8 nitrogen and oxygen atoms in total. The van der Waals surface area contributed by atoms with Crippen molar-refractivity contribution in [2.45, 2.75) is 19.9 Å². The van der Waals surface area contributed by atoms with E-state index >= 15 is 0 Å². The van der Waals surface area contributed by atoms with E-state index in [-0.39, 0.29) is 18.5 Å². The summed E-state index contributed by atoms with van der Waals surface area (Å²) in [6.45, 7) is 3.20. The Labute approximate surface area is 172 Å². The molecular formula is C22H20N2O6. The van der Waals surface area contributed by atoms with Crippen LogP contribution in [-0.2, 0) is 9.53 Å². The van der Waals surface area contributed by atoms with Crippen LogP contribution in [0.1, 0.15) is 34.8 Å². The van der Waals surface area contributed by atoms with Crippen LogP contribution in [0.2, 0.25) is 0 Å². The molecule has 2 aromatic carbocycles. The first-order valence-corrected chi connectivity index (χ1v) is 9.40. The molecule has 0 radical (unpaired) electrons. The average molecular weight is 408 g/mol. The highest BCUT2D eigenvalue weighted by Gasteiger charge is 2.21. The Morgan fingerprint density at radius 1 is 1.13 bits per heavy atom. The Hall–Kier alpha value is -3.81. The molecule has 1 aliphatic rings. The molecule has 154 valence electrons. The summed E-state index contributed by atoms with van der Waals surface area (Å²) in [6, 6.07) is 14.4. The third-order valence-electron chi connectivity index (χ3n) is 4.62. The van der Waals surface area contributed by atoms with E-state index in [0.717, 1.165) is 11.1 Å². The number of esters is 1. The predicted octanol–water partition coefficient (Wildman–Crippen LogP) is 3.41. The molecule has 30 heavy (non-hydrogen) atoms. The van der Waals surface area contributed by atoms with E-state index in [9.17, 15) is 9.59 Å². The molecule has 0 saturated heterocycles. The normalized spacial score (nSPS) is 13.0. The molecule has 2 heterocycles. The van der Waals surface area contributed by atoms with Crippen molar-refractivity contribution in [2.24, 2.45) is 0 Å². The molecule has 0 bridgehead atoms. The van der Waals surface area contributed by atoms with Crippen molar-refractivity contribution in [1.82, 2.24) is 10.3 Å². The van der Waals surface area contributed by atoms with E-state index in [0.29, 0.717) is 23.1 Å². The van der Waals surface area contributed by atoms with Crippen LogP contribution in [-0.4, -0.2) is 30.3 Å². The summed E-state index contributed by atoms with van der Waals surface area (Å²) in [4.78, 5) is 28.8. The summed E-state index contributed by atoms with van der Waals surface area (Å²) in [7, 11) is 0. The minimum atomic E-state index is -0.718. The number of rotatable bonds is 6. The number of aryl methyl sites for hydroxylation is 1. The van der Waals surface area contributed by atoms with E-state index in [2.05, 4.69) is 10.3 Å². The molecule has 0 fully saturated rings. The lowest BCUT2D eigenvalue weighted by molar-refractivity contribution is -0.124. The summed E-state index contributed by atoms with van der Waals surface area (Å²) in [5, 5.41) is 2.78. The van der Waals surface area contributed by atoms with Gasteiger partial charge in [-0.1, -0.05) is 24.3 Å². The molecule has 8 heteroatoms. The van der Waals surface area contributed by atoms with Gasteiger partial charge in [-0.2, -0.15) is 0 Å². The summed E-state index contributed by atoms with van der Waals surface area (Å²) < 4.78 is 21.3. The standard InChI is InChI=1S/C22H20N2O6/c1-13(16-8-9-17-18(10-16)29-12-28-17)23-19(25)11-27-22(26)20-14(2)30-21(24-20)15-6-4-3-5-7-15/h3-10,13H,11-12H2,1-2H3,(H,23,25)/t13-/m0/s1. The molecule has 1 N–H and O–H groups in total. The second kappa shape index (κ2) is 8.28. The molecule has 0 spiro atoms. The predicted molar refractivity (Wildman–Crippen MR) is 106 cm³/mol. The third-order valence-corrected chi connectivity index (χ3v) is 4.62. The SMILES string of the molecule is Cc1oc(-c2ccccc2)nc1C(=O)OCC(=O)N[C@@H](C)c1ccc2c(c1)OCO2. The second-order valence-corrected chi connectivity index (χ2v) is 6.77. The Morgan fingerprint density at radius 3 is 2.70 bits per heavy atom. The summed E-state index contributed by atoms with van der Waals surface area (Å²) in [5.41, 5.74) is 1.64. The van der Waals surface area contributed by atoms with E-state index in [1.807, 2.05) is 49.4 Å². The lowest BCUT2D eigenvalue weighted by atomic mass is 10.1. The number of nitrogens with one attached hydrogen (secondary N) is 1. The number of amides is 1. The number of carbonyl (C=O) groups is 2. The lowest BCUT2D eigenvalue weighted by Crippen LogP contribution is -2.31. The number of fused-ring (bicyclic) bond motifs is 1. The fourth-order valence-corrected chi connectivity index (χ4v) is 3.04. The smallest absolute Gasteiger partial charge is 0.361 e. The van der Waals surface area contributed by atoms with Crippen molar-refractivity contribution >= 4 is 11.9 Å². The number of nitrogens with zero attached hydrogens (tertiary/aromatic N) is 1. The molecule has 1 amide bonds. The summed E-state index contributed by atoms with van der Waals surface area (Å²) >= 11 is 0. The van der Waals surface area contributed by atoms with Gasteiger partial charge in [-0.25, -0.2) is 9.78 Å². The molecule has 0 saturated carbocycles. The van der Waals surface area contributed by atoms with E-state index in [1.54, 1.807) is 13.0 Å². The Kier molecular flexibility index (Phi) is 5.38. The maximum absolute atomic E-state index is 12.3. The van der Waals surface area contributed by atoms with Gasteiger partial charge < -0.3 is 23.9 Å². The van der Waals surface area contributed by atoms with Crippen LogP contribution in [0.15, 0.2) is 52.9 Å². The van der Waals surface area contributed by atoms with Crippen molar-refractivity contribution in [3.63, 3.8) is 0 Å². The lowest BCUT2D eigenvalue weighted by Gasteiger charge is -2.14. The van der Waals surface area contributed by atoms with Crippen LogP contribution >= 0.6 is 0 Å². The molecule has 1 atom stereocenters. The zero-order chi connectivity index (χ0) is 21.1. The number of ether oxygens (including phenoxy) is 3. The van der Waals surface area contributed by atoms with E-state index < -0.39 is 18.5 Å². The monoisotopic (exact) mass is 408 g/mol. The molecule has 3 aromatic rings. The van der Waals surface area contributed by atoms with Crippen LogP contribution in [0, 0.1) is 6.92 Å². The highest BCUT2D eigenvalue weighted by Crippen LogP contribution is 2.34. The van der Waals surface area contributed by atoms with Crippen molar-refractivity contribution in [1.29, 1.82) is 0 Å². The average Bonchev–Trinajstić information content (AvgIpc) is 3.38. The fourth-order valence-electron chi connectivity index (χ4n) is 3.04. The van der Waals surface area contributed by atoms with Gasteiger partial charge in [0, 0.05) is 5.56 Å². The molecule has 0 unspecified atom stereocenters. The van der Waals surface area contributed by atoms with Gasteiger partial charge in [-0.05, 0) is 43.7 Å². The number of hydrogen-bond acceptors (Lipinski definition) is 7. The van der Waals surface area contributed by atoms with Crippen LogP contribution in [0.25, 0.3) is 11.5 Å². The van der Waals surface area contributed by atoms with Crippen molar-refractivity contribution in [3.8, 4) is 23.0 Å². The maximum atomic E-state index is 12.3. The number of aromatic nitrogens is 1. The highest BCUT2D eigenvalue weighted by atomic mass is 16.7. The van der Waals surface area contributed by atoms with Crippen LogP contribution in [0.5, 0.6) is 11.5 Å². The first-order chi connectivity index (χ1) is 14.5. The molecule has 1 aliphatic heterocycles. The van der Waals surface area contributed by atoms with Crippen LogP contribution < -0.4 is 14.8 Å². The Bertz CT molecular complexity index is 1080. The van der Waals surface area contributed by atoms with Gasteiger partial charge in [-0.3, -0.25) is 4.79 Å². The zero-order valence-electron chi connectivity index (χ0n) is 16.5. The van der Waals surface area contributed by atoms with Crippen LogP contribution in [0.4, 0.5) is 0 Å². The topological polar surface area (TPSA) is 99.9 Å². The van der Waals surface area contributed by atoms with Crippen molar-refractivity contribution < 1.29 is 28.2 Å². The van der Waals surface area contributed by atoms with Gasteiger partial charge in [0.15, 0.2) is 23.8 Å². The Morgan fingerprint density at radius 2 is 1.90 bits per heavy atom. The number of oxazole rings is 1. The van der Waals surface area contributed by atoms with E-state index in [1.165, 1.54) is 0 Å². The molecule has 4 rings (SSSR count). The first-order valence-electron chi connectivity index (χ1n) is 9.40. The van der Waals surface area contributed by atoms with Gasteiger partial charge in [0.2, 0.25) is 12.7 Å². The minimum Gasteiger partial charge on any atom is -0.454 e. The zero-order valence-corrected chi connectivity index (χ0v) is 16.5. The van der Waals surface area contributed by atoms with Crippen molar-refractivity contribution in [3.05, 3.63) is 65.5 Å². The minimum absolute atomic E-state index is 0.0467. The van der Waals surface area contributed by atoms with Crippen LogP contribution in [0.3, 0.4) is 0 Å². The molecular weight excluding hydrogens is 388 g/mol. The van der Waals surface area contributed by atoms with E-state index in [4.69, 9.17) is 18.6 Å². The Balaban J connectivity index is 1.34. The maximum Gasteiger partial charge on any atom is 0.361 e. The second-order valence-electron chi connectivity index (χ2n) is 6.77. The fraction of sp³-hybridized carbons (Fsp3) is 0.227. The van der Waals surface area contributed by atoms with Gasteiger partial charge in [-0.15, -0.1) is 0 Å². The summed E-state index contributed by atoms with van der Waals surface area (Å²) in [6.07, 6.45) is 0. The first kappa shape index (κ1) is 19.5.